The molecule has 1 aromatic carbocycles. The Morgan fingerprint density at radius 3 is 2.37 bits per heavy atom. The largest absolute Gasteiger partial charge is 0.328 e. The molecule has 1 aliphatic rings. The second-order valence-corrected chi connectivity index (χ2v) is 7.18. The summed E-state index contributed by atoms with van der Waals surface area (Å²) < 4.78 is 26.7. The van der Waals surface area contributed by atoms with Gasteiger partial charge >= 0.3 is 0 Å². The second kappa shape index (κ2) is 6.50. The predicted octanol–water partition coefficient (Wildman–Crippen LogP) is 1.62. The maximum absolute atomic E-state index is 12.0. The molecular formula is C14H22N2O2S. The molecule has 0 heterocycles. The van der Waals surface area contributed by atoms with Gasteiger partial charge in [0.15, 0.2) is 0 Å². The molecule has 106 valence electrons. The summed E-state index contributed by atoms with van der Waals surface area (Å²) in [4.78, 5) is 0. The zero-order valence-corrected chi connectivity index (χ0v) is 11.9. The lowest BCUT2D eigenvalue weighted by molar-refractivity contribution is 0.326. The van der Waals surface area contributed by atoms with Crippen LogP contribution in [0.2, 0.25) is 0 Å². The molecule has 4 nitrogen and oxygen atoms in total. The number of sulfonamides is 1. The minimum absolute atomic E-state index is 0.0556. The van der Waals surface area contributed by atoms with Crippen molar-refractivity contribution in [1.29, 1.82) is 0 Å². The summed E-state index contributed by atoms with van der Waals surface area (Å²) in [7, 11) is -3.23. The summed E-state index contributed by atoms with van der Waals surface area (Å²) >= 11 is 0. The van der Waals surface area contributed by atoms with E-state index < -0.39 is 10.0 Å². The van der Waals surface area contributed by atoms with Gasteiger partial charge in [0.05, 0.1) is 5.75 Å². The van der Waals surface area contributed by atoms with Gasteiger partial charge in [0, 0.05) is 12.6 Å². The van der Waals surface area contributed by atoms with Crippen LogP contribution in [-0.2, 0) is 15.8 Å². The number of hydrogen-bond acceptors (Lipinski definition) is 3. The van der Waals surface area contributed by atoms with Crippen molar-refractivity contribution in [1.82, 2.24) is 4.72 Å². The Bertz CT molecular complexity index is 479. The summed E-state index contributed by atoms with van der Waals surface area (Å²) in [5.74, 6) is 0.491. The lowest BCUT2D eigenvalue weighted by atomic mass is 9.87. The summed E-state index contributed by atoms with van der Waals surface area (Å²) in [5.41, 5.74) is 6.66. The van der Waals surface area contributed by atoms with Gasteiger partial charge in [-0.05, 0) is 37.2 Å². The van der Waals surface area contributed by atoms with Crippen molar-refractivity contribution in [3.8, 4) is 0 Å². The third-order valence-corrected chi connectivity index (χ3v) is 5.00. The van der Waals surface area contributed by atoms with Crippen molar-refractivity contribution in [3.05, 3.63) is 35.9 Å². The topological polar surface area (TPSA) is 72.2 Å². The van der Waals surface area contributed by atoms with Crippen LogP contribution in [-0.4, -0.2) is 21.0 Å². The van der Waals surface area contributed by atoms with Crippen LogP contribution in [0.1, 0.15) is 31.2 Å². The first-order valence-corrected chi connectivity index (χ1v) is 8.47. The highest BCUT2D eigenvalue weighted by Gasteiger charge is 2.20. The molecule has 1 saturated carbocycles. The lowest BCUT2D eigenvalue weighted by Crippen LogP contribution is -2.34. The van der Waals surface area contributed by atoms with Crippen molar-refractivity contribution in [2.45, 2.75) is 37.5 Å². The van der Waals surface area contributed by atoms with Crippen LogP contribution in [0.4, 0.5) is 0 Å². The molecule has 1 aliphatic carbocycles. The summed E-state index contributed by atoms with van der Waals surface area (Å²) in [6, 6.07) is 9.56. The molecule has 3 N–H and O–H groups in total. The molecule has 0 bridgehead atoms. The summed E-state index contributed by atoms with van der Waals surface area (Å²) in [5, 5.41) is 0. The van der Waals surface area contributed by atoms with Gasteiger partial charge in [-0.25, -0.2) is 13.1 Å². The standard InChI is InChI=1S/C14H22N2O2S/c15-14-8-6-12(7-9-14)10-16-19(17,18)11-13-4-2-1-3-5-13/h1-5,12,14,16H,6-11,15H2. The van der Waals surface area contributed by atoms with E-state index in [1.54, 1.807) is 0 Å². The third-order valence-electron chi connectivity index (χ3n) is 3.68. The first kappa shape index (κ1) is 14.5. The molecule has 5 heteroatoms. The fraction of sp³-hybridized carbons (Fsp3) is 0.571. The Labute approximate surface area is 115 Å². The van der Waals surface area contributed by atoms with E-state index in [1.165, 1.54) is 0 Å². The molecule has 0 radical (unpaired) electrons. The molecule has 0 saturated heterocycles. The Kier molecular flexibility index (Phi) is 4.96. The van der Waals surface area contributed by atoms with Gasteiger partial charge in [-0.1, -0.05) is 30.3 Å². The maximum Gasteiger partial charge on any atom is 0.215 e. The quantitative estimate of drug-likeness (QED) is 0.862. The molecule has 2 rings (SSSR count). The highest BCUT2D eigenvalue weighted by atomic mass is 32.2. The van der Waals surface area contributed by atoms with Gasteiger partial charge in [0.25, 0.3) is 0 Å². The smallest absolute Gasteiger partial charge is 0.215 e. The Morgan fingerprint density at radius 1 is 1.11 bits per heavy atom. The SMILES string of the molecule is NC1CCC(CNS(=O)(=O)Cc2ccccc2)CC1. The predicted molar refractivity (Wildman–Crippen MR) is 77.0 cm³/mol. The second-order valence-electron chi connectivity index (χ2n) is 5.37. The van der Waals surface area contributed by atoms with Gasteiger partial charge < -0.3 is 5.73 Å². The monoisotopic (exact) mass is 282 g/mol. The number of rotatable bonds is 5. The Morgan fingerprint density at radius 2 is 1.74 bits per heavy atom. The molecule has 0 spiro atoms. The molecular weight excluding hydrogens is 260 g/mol. The Hall–Kier alpha value is -0.910. The highest BCUT2D eigenvalue weighted by molar-refractivity contribution is 7.88. The first-order valence-electron chi connectivity index (χ1n) is 6.82. The third kappa shape index (κ3) is 4.93. The molecule has 0 atom stereocenters. The van der Waals surface area contributed by atoms with E-state index >= 15 is 0 Å². The number of nitrogens with two attached hydrogens (primary N) is 1. The zero-order chi connectivity index (χ0) is 13.7. The molecule has 1 aromatic rings. The fourth-order valence-electron chi connectivity index (χ4n) is 2.48. The minimum atomic E-state index is -3.23. The van der Waals surface area contributed by atoms with Crippen molar-refractivity contribution in [2.24, 2.45) is 11.7 Å². The lowest BCUT2D eigenvalue weighted by Gasteiger charge is -2.26. The zero-order valence-electron chi connectivity index (χ0n) is 11.1. The maximum atomic E-state index is 12.0. The van der Waals surface area contributed by atoms with E-state index in [1.807, 2.05) is 30.3 Å². The summed E-state index contributed by atoms with van der Waals surface area (Å²) in [6.07, 6.45) is 4.06. The van der Waals surface area contributed by atoms with Gasteiger partial charge in [0.1, 0.15) is 0 Å². The van der Waals surface area contributed by atoms with Crippen molar-refractivity contribution < 1.29 is 8.42 Å². The number of benzene rings is 1. The van der Waals surface area contributed by atoms with Gasteiger partial charge in [-0.15, -0.1) is 0 Å². The summed E-state index contributed by atoms with van der Waals surface area (Å²) in [6.45, 7) is 0.544. The molecule has 0 unspecified atom stereocenters. The van der Waals surface area contributed by atoms with Gasteiger partial charge in [0.2, 0.25) is 10.0 Å². The van der Waals surface area contributed by atoms with Crippen LogP contribution in [0, 0.1) is 5.92 Å². The van der Waals surface area contributed by atoms with Crippen molar-refractivity contribution in [3.63, 3.8) is 0 Å². The normalized spacial score (nSPS) is 24.3. The van der Waals surface area contributed by atoms with E-state index in [-0.39, 0.29) is 5.75 Å². The fourth-order valence-corrected chi connectivity index (χ4v) is 3.70. The van der Waals surface area contributed by atoms with E-state index in [0.717, 1.165) is 31.2 Å². The minimum Gasteiger partial charge on any atom is -0.328 e. The first-order chi connectivity index (χ1) is 9.05. The molecule has 1 fully saturated rings. The van der Waals surface area contributed by atoms with Crippen molar-refractivity contribution >= 4 is 10.0 Å². The molecule has 0 amide bonds. The van der Waals surface area contributed by atoms with Gasteiger partial charge in [-0.3, -0.25) is 0 Å². The van der Waals surface area contributed by atoms with Crippen LogP contribution in [0.25, 0.3) is 0 Å². The van der Waals surface area contributed by atoms with Crippen LogP contribution in [0.3, 0.4) is 0 Å². The number of hydrogen-bond donors (Lipinski definition) is 2. The van der Waals surface area contributed by atoms with E-state index in [0.29, 0.717) is 18.5 Å². The van der Waals surface area contributed by atoms with Crippen LogP contribution in [0.5, 0.6) is 0 Å². The van der Waals surface area contributed by atoms with Crippen LogP contribution >= 0.6 is 0 Å². The molecule has 0 aromatic heterocycles. The average Bonchev–Trinajstić information content (AvgIpc) is 2.39. The average molecular weight is 282 g/mol. The molecule has 19 heavy (non-hydrogen) atoms. The Balaban J connectivity index is 1.81. The van der Waals surface area contributed by atoms with Crippen molar-refractivity contribution in [2.75, 3.05) is 6.54 Å². The van der Waals surface area contributed by atoms with E-state index in [2.05, 4.69) is 4.72 Å². The van der Waals surface area contributed by atoms with E-state index in [9.17, 15) is 8.42 Å². The molecule has 0 aliphatic heterocycles. The van der Waals surface area contributed by atoms with Gasteiger partial charge in [-0.2, -0.15) is 0 Å². The van der Waals surface area contributed by atoms with Crippen LogP contribution in [0.15, 0.2) is 30.3 Å². The van der Waals surface area contributed by atoms with E-state index in [4.69, 9.17) is 5.73 Å². The van der Waals surface area contributed by atoms with Crippen LogP contribution < -0.4 is 10.5 Å². The number of nitrogens with one attached hydrogen (secondary N) is 1. The highest BCUT2D eigenvalue weighted by Crippen LogP contribution is 2.22.